The van der Waals surface area contributed by atoms with E-state index >= 15 is 0 Å². The van der Waals surface area contributed by atoms with Crippen LogP contribution in [0.15, 0.2) is 12.1 Å². The molecule has 1 saturated carbocycles. The van der Waals surface area contributed by atoms with Gasteiger partial charge in [0.2, 0.25) is 0 Å². The highest BCUT2D eigenvalue weighted by Crippen LogP contribution is 2.39. The Bertz CT molecular complexity index is 559. The van der Waals surface area contributed by atoms with Crippen LogP contribution >= 0.6 is 11.6 Å². The van der Waals surface area contributed by atoms with Gasteiger partial charge in [0.1, 0.15) is 11.5 Å². The summed E-state index contributed by atoms with van der Waals surface area (Å²) >= 11 is 5.84. The van der Waals surface area contributed by atoms with Crippen LogP contribution in [-0.2, 0) is 0 Å². The van der Waals surface area contributed by atoms with Crippen molar-refractivity contribution in [1.82, 2.24) is 5.32 Å². The van der Waals surface area contributed by atoms with Crippen molar-refractivity contribution in [1.29, 1.82) is 0 Å². The summed E-state index contributed by atoms with van der Waals surface area (Å²) in [6.45, 7) is 1.68. The molecule has 1 unspecified atom stereocenters. The minimum absolute atomic E-state index is 0.0689. The standard InChI is InChI=1S/C14H17ClFN3O2/c15-11-6-13(14(19(20)21)7-12(11)16)18(10-3-4-10)8-9-2-1-5-17-9/h6-7,9-10,17H,1-5,8H2. The molecule has 0 spiro atoms. The SMILES string of the molecule is O=[N+]([O-])c1cc(F)c(Cl)cc1N(CC1CCCN1)C1CC1. The number of nitro benzene ring substituents is 1. The van der Waals surface area contributed by atoms with Crippen molar-refractivity contribution in [2.24, 2.45) is 0 Å². The Morgan fingerprint density at radius 1 is 1.43 bits per heavy atom. The largest absolute Gasteiger partial charge is 0.361 e. The van der Waals surface area contributed by atoms with E-state index in [1.54, 1.807) is 0 Å². The normalized spacial score (nSPS) is 21.5. The van der Waals surface area contributed by atoms with Crippen LogP contribution in [0.5, 0.6) is 0 Å². The molecule has 1 aliphatic heterocycles. The molecule has 0 amide bonds. The van der Waals surface area contributed by atoms with Crippen molar-refractivity contribution >= 4 is 23.0 Å². The molecule has 1 saturated heterocycles. The lowest BCUT2D eigenvalue weighted by Crippen LogP contribution is -2.39. The van der Waals surface area contributed by atoms with Gasteiger partial charge in [0.05, 0.1) is 16.0 Å². The zero-order valence-corrected chi connectivity index (χ0v) is 12.3. The molecule has 1 N–H and O–H groups in total. The topological polar surface area (TPSA) is 58.4 Å². The first-order valence-corrected chi connectivity index (χ1v) is 7.57. The number of halogens is 2. The van der Waals surface area contributed by atoms with Crippen molar-refractivity contribution < 1.29 is 9.31 Å². The molecular weight excluding hydrogens is 297 g/mol. The van der Waals surface area contributed by atoms with Gasteiger partial charge < -0.3 is 10.2 Å². The summed E-state index contributed by atoms with van der Waals surface area (Å²) in [5.41, 5.74) is 0.226. The maximum Gasteiger partial charge on any atom is 0.295 e. The second kappa shape index (κ2) is 5.77. The molecule has 114 valence electrons. The monoisotopic (exact) mass is 313 g/mol. The highest BCUT2D eigenvalue weighted by atomic mass is 35.5. The van der Waals surface area contributed by atoms with Gasteiger partial charge in [0, 0.05) is 18.6 Å². The first-order chi connectivity index (χ1) is 10.1. The molecule has 7 heteroatoms. The third-order valence-corrected chi connectivity index (χ3v) is 4.38. The van der Waals surface area contributed by atoms with E-state index in [-0.39, 0.29) is 10.7 Å². The van der Waals surface area contributed by atoms with Gasteiger partial charge in [-0.2, -0.15) is 0 Å². The van der Waals surface area contributed by atoms with Crippen LogP contribution in [0.3, 0.4) is 0 Å². The van der Waals surface area contributed by atoms with E-state index < -0.39 is 10.7 Å². The lowest BCUT2D eigenvalue weighted by molar-refractivity contribution is -0.384. The molecule has 21 heavy (non-hydrogen) atoms. The Morgan fingerprint density at radius 2 is 2.19 bits per heavy atom. The van der Waals surface area contributed by atoms with Crippen molar-refractivity contribution in [3.8, 4) is 0 Å². The van der Waals surface area contributed by atoms with Gasteiger partial charge in [0.15, 0.2) is 0 Å². The number of nitrogens with one attached hydrogen (secondary N) is 1. The Kier molecular flexibility index (Phi) is 3.99. The summed E-state index contributed by atoms with van der Waals surface area (Å²) in [6.07, 6.45) is 4.21. The number of hydrogen-bond acceptors (Lipinski definition) is 4. The Hall–Kier alpha value is -1.40. The summed E-state index contributed by atoms with van der Waals surface area (Å²) in [7, 11) is 0. The lowest BCUT2D eigenvalue weighted by Gasteiger charge is -2.27. The summed E-state index contributed by atoms with van der Waals surface area (Å²) in [5.74, 6) is -0.748. The molecule has 0 aromatic heterocycles. The molecule has 5 nitrogen and oxygen atoms in total. The molecule has 2 aliphatic rings. The number of hydrogen-bond donors (Lipinski definition) is 1. The van der Waals surface area contributed by atoms with E-state index in [1.165, 1.54) is 6.07 Å². The highest BCUT2D eigenvalue weighted by molar-refractivity contribution is 6.31. The van der Waals surface area contributed by atoms with Gasteiger partial charge in [0.25, 0.3) is 5.69 Å². The smallest absolute Gasteiger partial charge is 0.295 e. The van der Waals surface area contributed by atoms with Crippen LogP contribution in [0.4, 0.5) is 15.8 Å². The molecule has 1 atom stereocenters. The number of rotatable bonds is 5. The predicted octanol–water partition coefficient (Wildman–Crippen LogP) is 3.11. The number of nitro groups is 1. The van der Waals surface area contributed by atoms with Gasteiger partial charge in [-0.05, 0) is 38.3 Å². The molecule has 1 aliphatic carbocycles. The van der Waals surface area contributed by atoms with Gasteiger partial charge >= 0.3 is 0 Å². The molecule has 1 heterocycles. The molecule has 1 aromatic carbocycles. The number of benzene rings is 1. The van der Waals surface area contributed by atoms with E-state index in [0.717, 1.165) is 38.3 Å². The zero-order chi connectivity index (χ0) is 15.0. The fourth-order valence-electron chi connectivity index (χ4n) is 2.88. The third kappa shape index (κ3) is 3.11. The summed E-state index contributed by atoms with van der Waals surface area (Å²) < 4.78 is 13.5. The predicted molar refractivity (Wildman–Crippen MR) is 79.5 cm³/mol. The molecule has 3 rings (SSSR count). The second-order valence-corrected chi connectivity index (χ2v) is 6.10. The summed E-state index contributed by atoms with van der Waals surface area (Å²) in [5, 5.41) is 14.6. The minimum atomic E-state index is -0.748. The number of nitrogens with zero attached hydrogens (tertiary/aromatic N) is 2. The second-order valence-electron chi connectivity index (χ2n) is 5.69. The molecule has 0 bridgehead atoms. The van der Waals surface area contributed by atoms with Gasteiger partial charge in [-0.15, -0.1) is 0 Å². The maximum absolute atomic E-state index is 13.5. The van der Waals surface area contributed by atoms with Crippen molar-refractivity contribution in [2.75, 3.05) is 18.0 Å². The highest BCUT2D eigenvalue weighted by Gasteiger charge is 2.35. The fraction of sp³-hybridized carbons (Fsp3) is 0.571. The summed E-state index contributed by atoms with van der Waals surface area (Å²) in [6, 6.07) is 2.94. The van der Waals surface area contributed by atoms with E-state index in [9.17, 15) is 14.5 Å². The van der Waals surface area contributed by atoms with Crippen LogP contribution in [-0.4, -0.2) is 30.1 Å². The Balaban J connectivity index is 1.94. The van der Waals surface area contributed by atoms with Crippen molar-refractivity contribution in [3.63, 3.8) is 0 Å². The molecule has 0 radical (unpaired) electrons. The number of anilines is 1. The lowest BCUT2D eigenvalue weighted by atomic mass is 10.1. The van der Waals surface area contributed by atoms with Gasteiger partial charge in [-0.1, -0.05) is 11.6 Å². The van der Waals surface area contributed by atoms with Crippen LogP contribution in [0.25, 0.3) is 0 Å². The van der Waals surface area contributed by atoms with E-state index in [1.807, 2.05) is 4.90 Å². The fourth-order valence-corrected chi connectivity index (χ4v) is 3.04. The zero-order valence-electron chi connectivity index (χ0n) is 11.5. The van der Waals surface area contributed by atoms with Crippen molar-refractivity contribution in [3.05, 3.63) is 33.1 Å². The van der Waals surface area contributed by atoms with Gasteiger partial charge in [-0.3, -0.25) is 10.1 Å². The summed E-state index contributed by atoms with van der Waals surface area (Å²) in [4.78, 5) is 12.7. The van der Waals surface area contributed by atoms with E-state index in [4.69, 9.17) is 11.6 Å². The molecule has 2 fully saturated rings. The average molecular weight is 314 g/mol. The average Bonchev–Trinajstić information content (AvgIpc) is 3.15. The first-order valence-electron chi connectivity index (χ1n) is 7.19. The van der Waals surface area contributed by atoms with Crippen LogP contribution in [0.1, 0.15) is 25.7 Å². The van der Waals surface area contributed by atoms with Crippen LogP contribution < -0.4 is 10.2 Å². The molecular formula is C14H17ClFN3O2. The Labute approximate surface area is 127 Å². The maximum atomic E-state index is 13.5. The van der Waals surface area contributed by atoms with Crippen LogP contribution in [0.2, 0.25) is 5.02 Å². The molecule has 1 aromatic rings. The third-order valence-electron chi connectivity index (χ3n) is 4.09. The van der Waals surface area contributed by atoms with E-state index in [2.05, 4.69) is 5.32 Å². The van der Waals surface area contributed by atoms with Crippen LogP contribution in [0, 0.1) is 15.9 Å². The van der Waals surface area contributed by atoms with E-state index in [0.29, 0.717) is 24.3 Å². The Morgan fingerprint density at radius 3 is 2.76 bits per heavy atom. The quantitative estimate of drug-likeness (QED) is 0.670. The van der Waals surface area contributed by atoms with Crippen molar-refractivity contribution in [2.45, 2.75) is 37.8 Å². The first kappa shape index (κ1) is 14.5. The van der Waals surface area contributed by atoms with Gasteiger partial charge in [-0.25, -0.2) is 4.39 Å². The minimum Gasteiger partial charge on any atom is -0.361 e.